The molecule has 0 bridgehead atoms. The third kappa shape index (κ3) is 2.90. The number of fused-ring (bicyclic) bond motifs is 1. The molecule has 0 aliphatic carbocycles. The van der Waals surface area contributed by atoms with Crippen LogP contribution in [0.5, 0.6) is 0 Å². The van der Waals surface area contributed by atoms with Crippen LogP contribution < -0.4 is 5.73 Å². The lowest BCUT2D eigenvalue weighted by Crippen LogP contribution is -2.37. The van der Waals surface area contributed by atoms with Gasteiger partial charge in [-0.3, -0.25) is 14.0 Å². The summed E-state index contributed by atoms with van der Waals surface area (Å²) in [5.41, 5.74) is 5.99. The van der Waals surface area contributed by atoms with Crippen LogP contribution in [0.4, 0.5) is 0 Å². The Hall–Kier alpha value is -3.63. The molecule has 7 heteroatoms. The number of pyridine rings is 1. The highest BCUT2D eigenvalue weighted by atomic mass is 16.3. The number of benzene rings is 1. The molecule has 1 aliphatic rings. The second-order valence-electron chi connectivity index (χ2n) is 6.77. The lowest BCUT2D eigenvalue weighted by atomic mass is 10.0. The highest BCUT2D eigenvalue weighted by Gasteiger charge is 2.42. The molecule has 1 aliphatic heterocycles. The fourth-order valence-corrected chi connectivity index (χ4v) is 3.30. The zero-order valence-corrected chi connectivity index (χ0v) is 15.2. The summed E-state index contributed by atoms with van der Waals surface area (Å²) in [5, 5.41) is 10.5. The Balaban J connectivity index is 1.76. The maximum absolute atomic E-state index is 12.1. The predicted octanol–water partition coefficient (Wildman–Crippen LogP) is 1.04. The molecule has 1 fully saturated rings. The van der Waals surface area contributed by atoms with Gasteiger partial charge in [0.15, 0.2) is 5.69 Å². The molecule has 1 atom stereocenters. The summed E-state index contributed by atoms with van der Waals surface area (Å²) in [6.07, 6.45) is 2.08. The SMILES string of the molecule is CN1CC[C@@](O)(C#Cc2cccc(-c3nc(C(N)=O)c4ccccn34)c2)C1=O. The van der Waals surface area contributed by atoms with E-state index in [0.717, 1.165) is 5.56 Å². The van der Waals surface area contributed by atoms with Crippen LogP contribution >= 0.6 is 0 Å². The molecule has 0 unspecified atom stereocenters. The van der Waals surface area contributed by atoms with E-state index in [1.165, 1.54) is 4.90 Å². The number of hydrogen-bond acceptors (Lipinski definition) is 4. The van der Waals surface area contributed by atoms with Crippen molar-refractivity contribution in [2.24, 2.45) is 5.73 Å². The predicted molar refractivity (Wildman–Crippen MR) is 103 cm³/mol. The first-order valence-corrected chi connectivity index (χ1v) is 8.77. The number of amides is 2. The summed E-state index contributed by atoms with van der Waals surface area (Å²) in [7, 11) is 1.64. The van der Waals surface area contributed by atoms with Crippen molar-refractivity contribution in [3.05, 3.63) is 59.9 Å². The summed E-state index contributed by atoms with van der Waals surface area (Å²) in [6, 6.07) is 12.7. The highest BCUT2D eigenvalue weighted by molar-refractivity contribution is 5.99. The maximum atomic E-state index is 12.1. The summed E-state index contributed by atoms with van der Waals surface area (Å²) in [6.45, 7) is 0.472. The van der Waals surface area contributed by atoms with Gasteiger partial charge in [-0.1, -0.05) is 30.0 Å². The molecule has 0 saturated carbocycles. The standard InChI is InChI=1S/C21H18N4O3/c1-24-12-10-21(28,20(24)27)9-8-14-5-4-6-15(13-14)19-23-17(18(22)26)16-7-2-3-11-25(16)19/h2-7,11,13,28H,10,12H2,1H3,(H2,22,26)/t21-/m0/s1. The van der Waals surface area contributed by atoms with Crippen molar-refractivity contribution < 1.29 is 14.7 Å². The number of nitrogens with zero attached hydrogens (tertiary/aromatic N) is 3. The molecule has 3 heterocycles. The van der Waals surface area contributed by atoms with Crippen LogP contribution in [0.2, 0.25) is 0 Å². The van der Waals surface area contributed by atoms with E-state index in [2.05, 4.69) is 16.8 Å². The van der Waals surface area contributed by atoms with E-state index in [9.17, 15) is 14.7 Å². The summed E-state index contributed by atoms with van der Waals surface area (Å²) in [5.74, 6) is 5.17. The van der Waals surface area contributed by atoms with Gasteiger partial charge in [-0.05, 0) is 24.3 Å². The van der Waals surface area contributed by atoms with Crippen molar-refractivity contribution in [3.63, 3.8) is 0 Å². The average Bonchev–Trinajstić information content (AvgIpc) is 3.21. The number of primary amides is 1. The minimum Gasteiger partial charge on any atom is -0.369 e. The largest absolute Gasteiger partial charge is 0.369 e. The number of rotatable bonds is 2. The molecule has 3 N–H and O–H groups in total. The number of carbonyl (C=O) groups excluding carboxylic acids is 2. The van der Waals surface area contributed by atoms with Gasteiger partial charge in [-0.2, -0.15) is 0 Å². The van der Waals surface area contributed by atoms with Crippen LogP contribution in [0.1, 0.15) is 22.5 Å². The van der Waals surface area contributed by atoms with Crippen LogP contribution in [0, 0.1) is 11.8 Å². The fraction of sp³-hybridized carbons (Fsp3) is 0.190. The molecule has 3 aromatic rings. The highest BCUT2D eigenvalue weighted by Crippen LogP contribution is 2.24. The van der Waals surface area contributed by atoms with E-state index < -0.39 is 11.5 Å². The van der Waals surface area contributed by atoms with Gasteiger partial charge in [0.25, 0.3) is 11.8 Å². The van der Waals surface area contributed by atoms with E-state index in [0.29, 0.717) is 23.4 Å². The van der Waals surface area contributed by atoms with Gasteiger partial charge in [0.2, 0.25) is 5.60 Å². The number of aliphatic hydroxyl groups is 1. The number of hydrogen-bond donors (Lipinski definition) is 2. The molecular weight excluding hydrogens is 356 g/mol. The van der Waals surface area contributed by atoms with Crippen LogP contribution in [-0.4, -0.2) is 50.4 Å². The van der Waals surface area contributed by atoms with Crippen molar-refractivity contribution in [2.45, 2.75) is 12.0 Å². The number of likely N-dealkylation sites (tertiary alicyclic amines) is 1. The monoisotopic (exact) mass is 374 g/mol. The minimum atomic E-state index is -1.65. The normalized spacial score (nSPS) is 18.9. The van der Waals surface area contributed by atoms with Crippen molar-refractivity contribution >= 4 is 17.3 Å². The van der Waals surface area contributed by atoms with Crippen molar-refractivity contribution in [2.75, 3.05) is 13.6 Å². The van der Waals surface area contributed by atoms with Crippen LogP contribution in [0.3, 0.4) is 0 Å². The first-order chi connectivity index (χ1) is 13.4. The van der Waals surface area contributed by atoms with E-state index in [-0.39, 0.29) is 18.0 Å². The number of nitrogens with two attached hydrogens (primary N) is 1. The van der Waals surface area contributed by atoms with Gasteiger partial charge >= 0.3 is 0 Å². The van der Waals surface area contributed by atoms with E-state index in [1.807, 2.05) is 18.2 Å². The third-order valence-corrected chi connectivity index (χ3v) is 4.83. The maximum Gasteiger partial charge on any atom is 0.269 e. The Labute approximate surface area is 161 Å². The smallest absolute Gasteiger partial charge is 0.269 e. The molecule has 4 rings (SSSR count). The summed E-state index contributed by atoms with van der Waals surface area (Å²) in [4.78, 5) is 29.7. The topological polar surface area (TPSA) is 101 Å². The first kappa shape index (κ1) is 17.8. The van der Waals surface area contributed by atoms with Crippen molar-refractivity contribution in [1.29, 1.82) is 0 Å². The third-order valence-electron chi connectivity index (χ3n) is 4.83. The lowest BCUT2D eigenvalue weighted by Gasteiger charge is -2.13. The Bertz CT molecular complexity index is 1170. The number of imidazole rings is 1. The van der Waals surface area contributed by atoms with Gasteiger partial charge in [0.1, 0.15) is 5.82 Å². The molecule has 2 aromatic heterocycles. The van der Waals surface area contributed by atoms with E-state index >= 15 is 0 Å². The zero-order valence-electron chi connectivity index (χ0n) is 15.2. The Morgan fingerprint density at radius 3 is 2.82 bits per heavy atom. The Morgan fingerprint density at radius 1 is 1.29 bits per heavy atom. The summed E-state index contributed by atoms with van der Waals surface area (Å²) >= 11 is 0. The molecule has 0 spiro atoms. The lowest BCUT2D eigenvalue weighted by molar-refractivity contribution is -0.137. The van der Waals surface area contributed by atoms with Crippen LogP contribution in [0.15, 0.2) is 48.7 Å². The minimum absolute atomic E-state index is 0.195. The molecule has 140 valence electrons. The molecular formula is C21H18N4O3. The second kappa shape index (κ2) is 6.51. The van der Waals surface area contributed by atoms with Gasteiger partial charge in [0, 0.05) is 37.3 Å². The van der Waals surface area contributed by atoms with Gasteiger partial charge in [-0.15, -0.1) is 0 Å². The quantitative estimate of drug-likeness (QED) is 0.655. The average molecular weight is 374 g/mol. The van der Waals surface area contributed by atoms with Crippen LogP contribution in [-0.2, 0) is 4.79 Å². The zero-order chi connectivity index (χ0) is 19.9. The molecule has 0 radical (unpaired) electrons. The van der Waals surface area contributed by atoms with Gasteiger partial charge in [-0.25, -0.2) is 4.98 Å². The Morgan fingerprint density at radius 2 is 2.11 bits per heavy atom. The number of aromatic nitrogens is 2. The second-order valence-corrected chi connectivity index (χ2v) is 6.77. The van der Waals surface area contributed by atoms with Crippen molar-refractivity contribution in [3.8, 4) is 23.2 Å². The molecule has 7 nitrogen and oxygen atoms in total. The number of carbonyl (C=O) groups is 2. The van der Waals surface area contributed by atoms with E-state index in [4.69, 9.17) is 5.73 Å². The molecule has 2 amide bonds. The van der Waals surface area contributed by atoms with Gasteiger partial charge in [0.05, 0.1) is 5.52 Å². The summed E-state index contributed by atoms with van der Waals surface area (Å²) < 4.78 is 1.79. The fourth-order valence-electron chi connectivity index (χ4n) is 3.30. The van der Waals surface area contributed by atoms with Gasteiger partial charge < -0.3 is 15.7 Å². The molecule has 1 saturated heterocycles. The first-order valence-electron chi connectivity index (χ1n) is 8.77. The van der Waals surface area contributed by atoms with Crippen molar-refractivity contribution in [1.82, 2.24) is 14.3 Å². The Kier molecular flexibility index (Phi) is 4.13. The van der Waals surface area contributed by atoms with Crippen LogP contribution in [0.25, 0.3) is 16.9 Å². The number of likely N-dealkylation sites (N-methyl/N-ethyl adjacent to an activating group) is 1. The molecule has 1 aromatic carbocycles. The molecule has 28 heavy (non-hydrogen) atoms. The van der Waals surface area contributed by atoms with E-state index in [1.54, 1.807) is 41.9 Å².